The highest BCUT2D eigenvalue weighted by molar-refractivity contribution is 4.88. The molecule has 1 saturated heterocycles. The molecule has 0 bridgehead atoms. The van der Waals surface area contributed by atoms with Crippen LogP contribution in [0, 0.1) is 11.8 Å². The van der Waals surface area contributed by atoms with Gasteiger partial charge in [0.25, 0.3) is 0 Å². The highest BCUT2D eigenvalue weighted by Gasteiger charge is 2.36. The van der Waals surface area contributed by atoms with Crippen molar-refractivity contribution in [3.05, 3.63) is 0 Å². The van der Waals surface area contributed by atoms with Crippen LogP contribution < -0.4 is 5.32 Å². The molecular weight excluding hydrogens is 212 g/mol. The molecule has 0 amide bonds. The fraction of sp³-hybridized carbons (Fsp3) is 1.00. The van der Waals surface area contributed by atoms with Gasteiger partial charge >= 0.3 is 0 Å². The Morgan fingerprint density at radius 1 is 1.24 bits per heavy atom. The molecule has 0 aromatic heterocycles. The molecule has 1 heterocycles. The van der Waals surface area contributed by atoms with Gasteiger partial charge in [-0.2, -0.15) is 0 Å². The standard InChI is InChI=1S/C14H28N2O/c1-11(2)15-6-7-17-14-5-4-12-9-16(3)10-13(12)8-14/h11-15H,4-10H2,1-3H3. The van der Waals surface area contributed by atoms with Crippen molar-refractivity contribution in [3.63, 3.8) is 0 Å². The van der Waals surface area contributed by atoms with Crippen LogP contribution in [0.5, 0.6) is 0 Å². The molecule has 2 aliphatic rings. The Morgan fingerprint density at radius 3 is 2.76 bits per heavy atom. The first-order chi connectivity index (χ1) is 8.15. The number of hydrogen-bond acceptors (Lipinski definition) is 3. The van der Waals surface area contributed by atoms with Gasteiger partial charge in [-0.3, -0.25) is 0 Å². The molecule has 1 saturated carbocycles. The predicted molar refractivity (Wildman–Crippen MR) is 71.2 cm³/mol. The minimum Gasteiger partial charge on any atom is -0.377 e. The third-order valence-corrected chi connectivity index (χ3v) is 4.19. The fourth-order valence-electron chi connectivity index (χ4n) is 3.35. The maximum Gasteiger partial charge on any atom is 0.0594 e. The number of ether oxygens (including phenoxy) is 1. The summed E-state index contributed by atoms with van der Waals surface area (Å²) in [6.45, 7) is 8.82. The summed E-state index contributed by atoms with van der Waals surface area (Å²) >= 11 is 0. The van der Waals surface area contributed by atoms with Crippen LogP contribution >= 0.6 is 0 Å². The van der Waals surface area contributed by atoms with Gasteiger partial charge in [-0.05, 0) is 38.1 Å². The zero-order chi connectivity index (χ0) is 12.3. The van der Waals surface area contributed by atoms with Crippen molar-refractivity contribution in [1.29, 1.82) is 0 Å². The molecule has 2 fully saturated rings. The van der Waals surface area contributed by atoms with Gasteiger partial charge in [0.2, 0.25) is 0 Å². The van der Waals surface area contributed by atoms with Crippen molar-refractivity contribution in [2.45, 2.75) is 45.3 Å². The molecule has 3 atom stereocenters. The molecule has 1 aliphatic heterocycles. The molecular formula is C14H28N2O. The maximum atomic E-state index is 6.00. The lowest BCUT2D eigenvalue weighted by molar-refractivity contribution is 0.00684. The largest absolute Gasteiger partial charge is 0.377 e. The van der Waals surface area contributed by atoms with E-state index in [2.05, 4.69) is 31.1 Å². The Balaban J connectivity index is 1.63. The third-order valence-electron chi connectivity index (χ3n) is 4.19. The van der Waals surface area contributed by atoms with Crippen molar-refractivity contribution >= 4 is 0 Å². The summed E-state index contributed by atoms with van der Waals surface area (Å²) in [5.41, 5.74) is 0. The summed E-state index contributed by atoms with van der Waals surface area (Å²) in [4.78, 5) is 2.48. The van der Waals surface area contributed by atoms with E-state index < -0.39 is 0 Å². The predicted octanol–water partition coefficient (Wildman–Crippen LogP) is 1.73. The van der Waals surface area contributed by atoms with E-state index in [0.29, 0.717) is 12.1 Å². The fourth-order valence-corrected chi connectivity index (χ4v) is 3.35. The van der Waals surface area contributed by atoms with E-state index in [-0.39, 0.29) is 0 Å². The quantitative estimate of drug-likeness (QED) is 0.741. The topological polar surface area (TPSA) is 24.5 Å². The van der Waals surface area contributed by atoms with Gasteiger partial charge in [-0.25, -0.2) is 0 Å². The highest BCUT2D eigenvalue weighted by atomic mass is 16.5. The minimum absolute atomic E-state index is 0.525. The lowest BCUT2D eigenvalue weighted by atomic mass is 9.80. The maximum absolute atomic E-state index is 6.00. The van der Waals surface area contributed by atoms with Crippen LogP contribution in [0.2, 0.25) is 0 Å². The molecule has 2 rings (SSSR count). The number of fused-ring (bicyclic) bond motifs is 1. The second kappa shape index (κ2) is 6.17. The normalized spacial score (nSPS) is 34.2. The molecule has 1 aliphatic carbocycles. The Hall–Kier alpha value is -0.120. The molecule has 3 unspecified atom stereocenters. The minimum atomic E-state index is 0.525. The van der Waals surface area contributed by atoms with E-state index in [1.54, 1.807) is 0 Å². The van der Waals surface area contributed by atoms with Crippen molar-refractivity contribution in [2.24, 2.45) is 11.8 Å². The van der Waals surface area contributed by atoms with E-state index >= 15 is 0 Å². The third kappa shape index (κ3) is 3.94. The van der Waals surface area contributed by atoms with Crippen LogP contribution in [0.25, 0.3) is 0 Å². The van der Waals surface area contributed by atoms with Gasteiger partial charge in [0.15, 0.2) is 0 Å². The lowest BCUT2D eigenvalue weighted by Gasteiger charge is -2.31. The Bertz CT molecular complexity index is 232. The number of likely N-dealkylation sites (tertiary alicyclic amines) is 1. The molecule has 0 aromatic carbocycles. The molecule has 0 spiro atoms. The summed E-state index contributed by atoms with van der Waals surface area (Å²) in [6, 6.07) is 0.567. The summed E-state index contributed by atoms with van der Waals surface area (Å²) in [6.07, 6.45) is 4.46. The van der Waals surface area contributed by atoms with Crippen LogP contribution in [0.1, 0.15) is 33.1 Å². The number of nitrogens with zero attached hydrogens (tertiary/aromatic N) is 1. The molecule has 0 radical (unpaired) electrons. The summed E-state index contributed by atoms with van der Waals surface area (Å²) < 4.78 is 6.00. The lowest BCUT2D eigenvalue weighted by Crippen LogP contribution is -2.32. The first kappa shape index (κ1) is 13.3. The second-order valence-electron chi connectivity index (χ2n) is 6.16. The van der Waals surface area contributed by atoms with E-state index in [0.717, 1.165) is 25.0 Å². The SMILES string of the molecule is CC(C)NCCOC1CCC2CN(C)CC2C1. The highest BCUT2D eigenvalue weighted by Crippen LogP contribution is 2.36. The molecule has 3 heteroatoms. The number of hydrogen-bond donors (Lipinski definition) is 1. The van der Waals surface area contributed by atoms with Crippen LogP contribution in [0.3, 0.4) is 0 Å². The van der Waals surface area contributed by atoms with Crippen molar-refractivity contribution in [1.82, 2.24) is 10.2 Å². The summed E-state index contributed by atoms with van der Waals surface area (Å²) in [5, 5.41) is 3.41. The Morgan fingerprint density at radius 2 is 2.00 bits per heavy atom. The van der Waals surface area contributed by atoms with Crippen LogP contribution in [0.15, 0.2) is 0 Å². The molecule has 1 N–H and O–H groups in total. The van der Waals surface area contributed by atoms with Gasteiger partial charge in [0.1, 0.15) is 0 Å². The smallest absolute Gasteiger partial charge is 0.0594 e. The second-order valence-corrected chi connectivity index (χ2v) is 6.16. The first-order valence-corrected chi connectivity index (χ1v) is 7.18. The van der Waals surface area contributed by atoms with Gasteiger partial charge in [-0.1, -0.05) is 13.8 Å². The molecule has 3 nitrogen and oxygen atoms in total. The van der Waals surface area contributed by atoms with Crippen molar-refractivity contribution < 1.29 is 4.74 Å². The zero-order valence-electron chi connectivity index (χ0n) is 11.6. The van der Waals surface area contributed by atoms with Gasteiger partial charge in [0.05, 0.1) is 12.7 Å². The monoisotopic (exact) mass is 240 g/mol. The van der Waals surface area contributed by atoms with E-state index in [4.69, 9.17) is 4.74 Å². The van der Waals surface area contributed by atoms with Gasteiger partial charge in [-0.15, -0.1) is 0 Å². The summed E-state index contributed by atoms with van der Waals surface area (Å²) in [5.74, 6) is 1.85. The molecule has 0 aromatic rings. The average molecular weight is 240 g/mol. The van der Waals surface area contributed by atoms with Gasteiger partial charge < -0.3 is 15.0 Å². The van der Waals surface area contributed by atoms with Crippen LogP contribution in [-0.4, -0.2) is 50.3 Å². The van der Waals surface area contributed by atoms with E-state index in [1.165, 1.54) is 32.4 Å². The Labute approximate surface area is 106 Å². The number of rotatable bonds is 5. The Kier molecular flexibility index (Phi) is 4.83. The van der Waals surface area contributed by atoms with Crippen LogP contribution in [-0.2, 0) is 4.74 Å². The average Bonchev–Trinajstić information content (AvgIpc) is 2.63. The molecule has 100 valence electrons. The van der Waals surface area contributed by atoms with Gasteiger partial charge in [0, 0.05) is 25.7 Å². The van der Waals surface area contributed by atoms with Crippen molar-refractivity contribution in [2.75, 3.05) is 33.3 Å². The molecule has 17 heavy (non-hydrogen) atoms. The van der Waals surface area contributed by atoms with Crippen molar-refractivity contribution in [3.8, 4) is 0 Å². The van der Waals surface area contributed by atoms with Crippen LogP contribution in [0.4, 0.5) is 0 Å². The van der Waals surface area contributed by atoms with E-state index in [9.17, 15) is 0 Å². The van der Waals surface area contributed by atoms with E-state index in [1.807, 2.05) is 0 Å². The summed E-state index contributed by atoms with van der Waals surface area (Å²) in [7, 11) is 2.25. The number of nitrogens with one attached hydrogen (secondary N) is 1. The zero-order valence-corrected chi connectivity index (χ0v) is 11.6. The first-order valence-electron chi connectivity index (χ1n) is 7.18.